The van der Waals surface area contributed by atoms with Crippen LogP contribution in [0.3, 0.4) is 0 Å². The summed E-state index contributed by atoms with van der Waals surface area (Å²) in [6.45, 7) is 3.48. The first kappa shape index (κ1) is 33.6. The van der Waals surface area contributed by atoms with Crippen LogP contribution in [0.25, 0.3) is 0 Å². The molecule has 0 aromatic heterocycles. The topological polar surface area (TPSA) is 128 Å². The highest BCUT2D eigenvalue weighted by molar-refractivity contribution is 7.92. The van der Waals surface area contributed by atoms with E-state index in [1.807, 2.05) is 6.92 Å². The van der Waals surface area contributed by atoms with E-state index in [1.165, 1.54) is 41.1 Å². The second-order valence-electron chi connectivity index (χ2n) is 11.0. The molecule has 3 aromatic rings. The average Bonchev–Trinajstić information content (AvgIpc) is 3.04. The molecule has 1 heterocycles. The number of ether oxygens (including phenoxy) is 1. The van der Waals surface area contributed by atoms with Crippen LogP contribution < -0.4 is 14.8 Å². The number of hydrogen-bond acceptors (Lipinski definition) is 6. The van der Waals surface area contributed by atoms with Gasteiger partial charge < -0.3 is 25.0 Å². The van der Waals surface area contributed by atoms with Gasteiger partial charge >= 0.3 is 12.2 Å². The Labute approximate surface area is 259 Å². The summed E-state index contributed by atoms with van der Waals surface area (Å²) in [7, 11) is -2.41. The molecule has 0 radical (unpaired) electrons. The fourth-order valence-corrected chi connectivity index (χ4v) is 5.91. The molecule has 3 amide bonds. The molecule has 45 heavy (non-hydrogen) atoms. The minimum Gasteiger partial charge on any atom is -0.488 e. The van der Waals surface area contributed by atoms with E-state index in [9.17, 15) is 36.3 Å². The number of likely N-dealkylation sites (N-methyl/N-ethyl adjacent to an activating group) is 1. The van der Waals surface area contributed by atoms with Crippen molar-refractivity contribution in [1.82, 2.24) is 9.80 Å². The quantitative estimate of drug-likeness (QED) is 0.322. The van der Waals surface area contributed by atoms with Crippen LogP contribution in [0.4, 0.5) is 29.3 Å². The molecule has 3 N–H and O–H groups in total. The zero-order valence-electron chi connectivity index (χ0n) is 24.9. The predicted molar refractivity (Wildman–Crippen MR) is 162 cm³/mol. The van der Waals surface area contributed by atoms with Gasteiger partial charge in [0.1, 0.15) is 11.9 Å². The lowest BCUT2D eigenvalue weighted by Gasteiger charge is -2.34. The average molecular weight is 649 g/mol. The first-order valence-electron chi connectivity index (χ1n) is 14.1. The van der Waals surface area contributed by atoms with E-state index >= 15 is 0 Å². The molecule has 10 nitrogen and oxygen atoms in total. The molecule has 1 aliphatic rings. The van der Waals surface area contributed by atoms with Gasteiger partial charge in [-0.3, -0.25) is 9.52 Å². The standard InChI is InChI=1S/C31H35F3N4O6S/c1-20-17-38(21(2)19-39)29(40)16-22-15-25(36-45(42,43)26-7-5-4-6-8-26)13-14-27(22)44-28(20)18-37(3)30(41)35-24-11-9-23(10-12-24)31(32,33)34/h4-15,20-21,28,36,39H,16-19H2,1-3H3,(H,35,41)/t20-,21+,28-/m1/s1. The molecule has 0 saturated heterocycles. The van der Waals surface area contributed by atoms with E-state index in [2.05, 4.69) is 10.0 Å². The van der Waals surface area contributed by atoms with E-state index in [-0.39, 0.29) is 54.2 Å². The SMILES string of the molecule is C[C@@H]1CN([C@@H](C)CO)C(=O)Cc2cc(NS(=O)(=O)c3ccccc3)ccc2O[C@@H]1CN(C)C(=O)Nc1ccc(C(F)(F)F)cc1. The Morgan fingerprint density at radius 3 is 2.36 bits per heavy atom. The maximum Gasteiger partial charge on any atom is 0.416 e. The van der Waals surface area contributed by atoms with Gasteiger partial charge in [0.25, 0.3) is 10.0 Å². The number of urea groups is 1. The van der Waals surface area contributed by atoms with Crippen LogP contribution in [0.15, 0.2) is 77.7 Å². The van der Waals surface area contributed by atoms with E-state index in [1.54, 1.807) is 31.2 Å². The molecular weight excluding hydrogens is 613 g/mol. The van der Waals surface area contributed by atoms with Crippen LogP contribution in [0, 0.1) is 5.92 Å². The number of amides is 3. The number of carbonyl (C=O) groups is 2. The lowest BCUT2D eigenvalue weighted by Crippen LogP contribution is -2.48. The molecule has 3 atom stereocenters. The summed E-state index contributed by atoms with van der Waals surface area (Å²) in [5.41, 5.74) is -0.0489. The van der Waals surface area contributed by atoms with Crippen LogP contribution in [-0.4, -0.2) is 74.2 Å². The lowest BCUT2D eigenvalue weighted by atomic mass is 10.0. The van der Waals surface area contributed by atoms with Gasteiger partial charge in [-0.05, 0) is 61.5 Å². The first-order chi connectivity index (χ1) is 21.2. The number of alkyl halides is 3. The second-order valence-corrected chi connectivity index (χ2v) is 12.7. The normalized spacial score (nSPS) is 18.0. The smallest absolute Gasteiger partial charge is 0.416 e. The number of carbonyl (C=O) groups excluding carboxylic acids is 2. The number of nitrogens with zero attached hydrogens (tertiary/aromatic N) is 2. The van der Waals surface area contributed by atoms with Crippen molar-refractivity contribution in [2.24, 2.45) is 5.92 Å². The molecule has 4 rings (SSSR count). The molecule has 0 spiro atoms. The Hall–Kier alpha value is -4.30. The van der Waals surface area contributed by atoms with E-state index < -0.39 is 39.9 Å². The fourth-order valence-electron chi connectivity index (χ4n) is 4.84. The summed E-state index contributed by atoms with van der Waals surface area (Å²) in [6, 6.07) is 15.3. The maximum atomic E-state index is 13.4. The number of nitrogens with one attached hydrogen (secondary N) is 2. The number of hydrogen-bond donors (Lipinski definition) is 3. The number of aliphatic hydroxyl groups is 1. The summed E-state index contributed by atoms with van der Waals surface area (Å²) >= 11 is 0. The largest absolute Gasteiger partial charge is 0.488 e. The zero-order valence-corrected chi connectivity index (χ0v) is 25.7. The lowest BCUT2D eigenvalue weighted by molar-refractivity contribution is -0.137. The first-order valence-corrected chi connectivity index (χ1v) is 15.6. The van der Waals surface area contributed by atoms with Gasteiger partial charge in [0.05, 0.1) is 36.1 Å². The van der Waals surface area contributed by atoms with Crippen molar-refractivity contribution in [2.45, 2.75) is 43.5 Å². The molecular formula is C31H35F3N4O6S. The number of sulfonamides is 1. The molecule has 3 aromatic carbocycles. The summed E-state index contributed by atoms with van der Waals surface area (Å²) in [5, 5.41) is 12.4. The zero-order chi connectivity index (χ0) is 32.9. The van der Waals surface area contributed by atoms with Crippen molar-refractivity contribution in [3.8, 4) is 5.75 Å². The summed E-state index contributed by atoms with van der Waals surface area (Å²) < 4.78 is 73.5. The van der Waals surface area contributed by atoms with Gasteiger partial charge in [0.15, 0.2) is 0 Å². The van der Waals surface area contributed by atoms with E-state index in [0.717, 1.165) is 24.3 Å². The molecule has 0 aliphatic carbocycles. The number of aliphatic hydroxyl groups excluding tert-OH is 1. The molecule has 14 heteroatoms. The summed E-state index contributed by atoms with van der Waals surface area (Å²) in [4.78, 5) is 29.3. The van der Waals surface area contributed by atoms with Crippen LogP contribution in [0.2, 0.25) is 0 Å². The van der Waals surface area contributed by atoms with Crippen molar-refractivity contribution in [3.05, 3.63) is 83.9 Å². The Morgan fingerprint density at radius 2 is 1.73 bits per heavy atom. The number of fused-ring (bicyclic) bond motifs is 1. The number of anilines is 2. The van der Waals surface area contributed by atoms with Crippen LogP contribution >= 0.6 is 0 Å². The molecule has 1 aliphatic heterocycles. The third-order valence-electron chi connectivity index (χ3n) is 7.49. The number of benzene rings is 3. The monoisotopic (exact) mass is 648 g/mol. The molecule has 0 bridgehead atoms. The van der Waals surface area contributed by atoms with Crippen molar-refractivity contribution in [3.63, 3.8) is 0 Å². The van der Waals surface area contributed by atoms with E-state index in [4.69, 9.17) is 4.74 Å². The van der Waals surface area contributed by atoms with Gasteiger partial charge in [-0.2, -0.15) is 13.2 Å². The number of rotatable bonds is 8. The van der Waals surface area contributed by atoms with Gasteiger partial charge in [0.2, 0.25) is 5.91 Å². The Bertz CT molecular complexity index is 1600. The van der Waals surface area contributed by atoms with Crippen LogP contribution in [-0.2, 0) is 27.4 Å². The summed E-state index contributed by atoms with van der Waals surface area (Å²) in [6.07, 6.45) is -5.31. The van der Waals surface area contributed by atoms with E-state index in [0.29, 0.717) is 11.3 Å². The minimum absolute atomic E-state index is 0.0327. The maximum absolute atomic E-state index is 13.4. The Morgan fingerprint density at radius 1 is 1.09 bits per heavy atom. The highest BCUT2D eigenvalue weighted by atomic mass is 32.2. The third kappa shape index (κ3) is 8.45. The van der Waals surface area contributed by atoms with Crippen molar-refractivity contribution < 1.29 is 41.0 Å². The van der Waals surface area contributed by atoms with Gasteiger partial charge in [-0.25, -0.2) is 13.2 Å². The molecule has 0 fully saturated rings. The van der Waals surface area contributed by atoms with Gasteiger partial charge in [-0.1, -0.05) is 25.1 Å². The predicted octanol–water partition coefficient (Wildman–Crippen LogP) is 4.82. The highest BCUT2D eigenvalue weighted by Crippen LogP contribution is 2.31. The van der Waals surface area contributed by atoms with Crippen molar-refractivity contribution >= 4 is 33.3 Å². The Kier molecular flexibility index (Phi) is 10.3. The van der Waals surface area contributed by atoms with Gasteiger partial charge in [-0.15, -0.1) is 0 Å². The van der Waals surface area contributed by atoms with Crippen LogP contribution in [0.5, 0.6) is 5.75 Å². The number of halogens is 3. The van der Waals surface area contributed by atoms with Gasteiger partial charge in [0, 0.05) is 36.4 Å². The second kappa shape index (κ2) is 13.8. The fraction of sp³-hybridized carbons (Fsp3) is 0.355. The molecule has 0 unspecified atom stereocenters. The molecule has 242 valence electrons. The van der Waals surface area contributed by atoms with Crippen molar-refractivity contribution in [1.29, 1.82) is 0 Å². The third-order valence-corrected chi connectivity index (χ3v) is 8.88. The highest BCUT2D eigenvalue weighted by Gasteiger charge is 2.33. The Balaban J connectivity index is 1.58. The van der Waals surface area contributed by atoms with Crippen molar-refractivity contribution in [2.75, 3.05) is 36.8 Å². The summed E-state index contributed by atoms with van der Waals surface area (Å²) in [5.74, 6) is -0.324. The van der Waals surface area contributed by atoms with Crippen LogP contribution in [0.1, 0.15) is 25.0 Å². The minimum atomic E-state index is -4.50. The molecule has 0 saturated carbocycles.